The molecule has 0 radical (unpaired) electrons. The number of benzene rings is 1. The second-order valence-electron chi connectivity index (χ2n) is 5.72. The summed E-state index contributed by atoms with van der Waals surface area (Å²) in [5.74, 6) is -0.705. The second-order valence-corrected chi connectivity index (χ2v) is 6.10. The fourth-order valence-corrected chi connectivity index (χ4v) is 2.59. The Hall–Kier alpha value is -2.69. The molecule has 1 unspecified atom stereocenters. The third-order valence-corrected chi connectivity index (χ3v) is 4.54. The number of aryl methyl sites for hydroxylation is 1. The lowest BCUT2D eigenvalue weighted by atomic mass is 10.1. The molecule has 1 atom stereocenters. The zero-order chi connectivity index (χ0) is 19.4. The first-order valence-electron chi connectivity index (χ1n) is 7.77. The van der Waals surface area contributed by atoms with Crippen LogP contribution in [0.2, 0.25) is 5.02 Å². The molecule has 0 aliphatic carbocycles. The van der Waals surface area contributed by atoms with Crippen molar-refractivity contribution in [2.45, 2.75) is 19.9 Å². The van der Waals surface area contributed by atoms with Gasteiger partial charge < -0.3 is 15.3 Å². The molecule has 1 heterocycles. The first kappa shape index (κ1) is 19.6. The molecule has 1 aromatic heterocycles. The molecule has 136 valence electrons. The van der Waals surface area contributed by atoms with Crippen LogP contribution in [0.4, 0.5) is 15.9 Å². The third-order valence-electron chi connectivity index (χ3n) is 3.99. The molecule has 2 N–H and O–H groups in total. The van der Waals surface area contributed by atoms with Gasteiger partial charge in [0.15, 0.2) is 0 Å². The van der Waals surface area contributed by atoms with Crippen LogP contribution in [-0.2, 0) is 4.79 Å². The van der Waals surface area contributed by atoms with Crippen LogP contribution in [0.1, 0.15) is 16.8 Å². The molecule has 1 amide bonds. The molecule has 6 nitrogen and oxygen atoms in total. The van der Waals surface area contributed by atoms with Crippen LogP contribution in [0.5, 0.6) is 0 Å². The Kier molecular flexibility index (Phi) is 6.14. The summed E-state index contributed by atoms with van der Waals surface area (Å²) in [5, 5.41) is 22.2. The largest absolute Gasteiger partial charge is 0.394 e. The van der Waals surface area contributed by atoms with E-state index in [1.807, 2.05) is 6.07 Å². The molecule has 0 saturated heterocycles. The number of carbonyl (C=O) groups excluding carboxylic acids is 1. The molecule has 2 rings (SSSR count). The van der Waals surface area contributed by atoms with Crippen molar-refractivity contribution in [1.29, 1.82) is 5.26 Å². The number of nitriles is 1. The van der Waals surface area contributed by atoms with Crippen LogP contribution >= 0.6 is 11.6 Å². The van der Waals surface area contributed by atoms with Gasteiger partial charge in [-0.05, 0) is 43.7 Å². The van der Waals surface area contributed by atoms with Crippen molar-refractivity contribution < 1.29 is 14.3 Å². The summed E-state index contributed by atoms with van der Waals surface area (Å²) >= 11 is 6.11. The summed E-state index contributed by atoms with van der Waals surface area (Å²) in [7, 11) is 1.51. The maximum atomic E-state index is 13.0. The Labute approximate surface area is 155 Å². The Morgan fingerprint density at radius 1 is 1.42 bits per heavy atom. The number of anilines is 2. The van der Waals surface area contributed by atoms with Crippen molar-refractivity contribution in [2.24, 2.45) is 0 Å². The topological polar surface area (TPSA) is 89.2 Å². The Balaban J connectivity index is 2.31. The molecule has 0 saturated carbocycles. The Morgan fingerprint density at radius 3 is 2.58 bits per heavy atom. The number of halogens is 2. The third kappa shape index (κ3) is 3.93. The summed E-state index contributed by atoms with van der Waals surface area (Å²) in [5.41, 5.74) is 1.71. The minimum Gasteiger partial charge on any atom is -0.394 e. The zero-order valence-electron chi connectivity index (χ0n) is 14.5. The lowest BCUT2D eigenvalue weighted by Gasteiger charge is -2.24. The van der Waals surface area contributed by atoms with E-state index in [0.717, 1.165) is 0 Å². The quantitative estimate of drug-likeness (QED) is 0.837. The van der Waals surface area contributed by atoms with Gasteiger partial charge in [-0.1, -0.05) is 11.6 Å². The number of aromatic nitrogens is 1. The van der Waals surface area contributed by atoms with Gasteiger partial charge in [-0.15, -0.1) is 0 Å². The number of hydrogen-bond acceptors (Lipinski definition) is 5. The van der Waals surface area contributed by atoms with E-state index in [0.29, 0.717) is 22.0 Å². The summed E-state index contributed by atoms with van der Waals surface area (Å²) < 4.78 is 13.0. The number of likely N-dealkylation sites (N-methyl/N-ethyl adjacent to an activating group) is 1. The van der Waals surface area contributed by atoms with Crippen LogP contribution < -0.4 is 10.2 Å². The van der Waals surface area contributed by atoms with Crippen molar-refractivity contribution in [2.75, 3.05) is 23.9 Å². The maximum Gasteiger partial charge on any atom is 0.251 e. The van der Waals surface area contributed by atoms with Gasteiger partial charge in [0.05, 0.1) is 22.9 Å². The van der Waals surface area contributed by atoms with E-state index in [1.165, 1.54) is 36.2 Å². The van der Waals surface area contributed by atoms with E-state index in [1.54, 1.807) is 13.8 Å². The first-order chi connectivity index (χ1) is 12.3. The van der Waals surface area contributed by atoms with Gasteiger partial charge >= 0.3 is 0 Å². The number of nitrogens with one attached hydrogen (secondary N) is 1. The summed E-state index contributed by atoms with van der Waals surface area (Å²) in [4.78, 5) is 18.2. The minimum absolute atomic E-state index is 0.173. The number of nitrogens with zero attached hydrogens (tertiary/aromatic N) is 3. The van der Waals surface area contributed by atoms with Gasteiger partial charge in [0.1, 0.15) is 23.7 Å². The molecule has 0 bridgehead atoms. The Bertz CT molecular complexity index is 865. The molecule has 8 heteroatoms. The zero-order valence-corrected chi connectivity index (χ0v) is 15.3. The van der Waals surface area contributed by atoms with Crippen molar-refractivity contribution in [3.8, 4) is 6.07 Å². The number of hydrogen-bond donors (Lipinski definition) is 2. The monoisotopic (exact) mass is 376 g/mol. The molecule has 1 aromatic carbocycles. The molecule has 0 spiro atoms. The standard InChI is InChI=1S/C18H18ClFN4O2/c1-10-14(8-21)17(22-11(2)16(10)19)23-15(9-25)18(26)24(3)13-6-4-12(20)5-7-13/h4-7,15,25H,9H2,1-3H3,(H,22,23). The van der Waals surface area contributed by atoms with Crippen LogP contribution in [0.15, 0.2) is 24.3 Å². The van der Waals surface area contributed by atoms with Gasteiger partial charge in [-0.2, -0.15) is 5.26 Å². The second kappa shape index (κ2) is 8.13. The van der Waals surface area contributed by atoms with Gasteiger partial charge in [0, 0.05) is 12.7 Å². The van der Waals surface area contributed by atoms with Crippen molar-refractivity contribution in [3.63, 3.8) is 0 Å². The van der Waals surface area contributed by atoms with Crippen molar-refractivity contribution in [1.82, 2.24) is 4.98 Å². The first-order valence-corrected chi connectivity index (χ1v) is 8.15. The molecule has 26 heavy (non-hydrogen) atoms. The molecule has 0 aliphatic heterocycles. The highest BCUT2D eigenvalue weighted by molar-refractivity contribution is 6.32. The fourth-order valence-electron chi connectivity index (χ4n) is 2.45. The number of pyridine rings is 1. The van der Waals surface area contributed by atoms with Crippen LogP contribution in [0.3, 0.4) is 0 Å². The number of amides is 1. The SMILES string of the molecule is Cc1nc(NC(CO)C(=O)N(C)c2ccc(F)cc2)c(C#N)c(C)c1Cl. The van der Waals surface area contributed by atoms with Gasteiger partial charge in [0.25, 0.3) is 5.91 Å². The fraction of sp³-hybridized carbons (Fsp3) is 0.278. The highest BCUT2D eigenvalue weighted by Crippen LogP contribution is 2.27. The molecule has 0 aliphatic rings. The average molecular weight is 377 g/mol. The molecular formula is C18H18ClFN4O2. The van der Waals surface area contributed by atoms with Crippen molar-refractivity contribution >= 4 is 29.0 Å². The summed E-state index contributed by atoms with van der Waals surface area (Å²) in [6.07, 6.45) is 0. The van der Waals surface area contributed by atoms with E-state index in [9.17, 15) is 19.6 Å². The van der Waals surface area contributed by atoms with Crippen LogP contribution in [-0.4, -0.2) is 35.7 Å². The smallest absolute Gasteiger partial charge is 0.251 e. The van der Waals surface area contributed by atoms with Crippen LogP contribution in [0, 0.1) is 31.0 Å². The predicted molar refractivity (Wildman–Crippen MR) is 97.7 cm³/mol. The highest BCUT2D eigenvalue weighted by atomic mass is 35.5. The Morgan fingerprint density at radius 2 is 2.04 bits per heavy atom. The number of aliphatic hydroxyl groups excluding tert-OH is 1. The number of carbonyl (C=O) groups is 1. The normalized spacial score (nSPS) is 11.6. The van der Waals surface area contributed by atoms with Gasteiger partial charge in [-0.3, -0.25) is 4.79 Å². The van der Waals surface area contributed by atoms with E-state index < -0.39 is 24.4 Å². The summed E-state index contributed by atoms with van der Waals surface area (Å²) in [6, 6.07) is 6.36. The lowest BCUT2D eigenvalue weighted by molar-refractivity contribution is -0.119. The highest BCUT2D eigenvalue weighted by Gasteiger charge is 2.25. The maximum absolute atomic E-state index is 13.0. The molecule has 2 aromatic rings. The van der Waals surface area contributed by atoms with Gasteiger partial charge in [-0.25, -0.2) is 9.37 Å². The van der Waals surface area contributed by atoms with Crippen molar-refractivity contribution in [3.05, 3.63) is 51.9 Å². The van der Waals surface area contributed by atoms with Gasteiger partial charge in [0.2, 0.25) is 0 Å². The summed E-state index contributed by atoms with van der Waals surface area (Å²) in [6.45, 7) is 2.85. The number of rotatable bonds is 5. The number of aliphatic hydroxyl groups is 1. The average Bonchev–Trinajstić information content (AvgIpc) is 2.63. The minimum atomic E-state index is -1.04. The van der Waals surface area contributed by atoms with E-state index in [2.05, 4.69) is 10.3 Å². The van der Waals surface area contributed by atoms with Crippen LogP contribution in [0.25, 0.3) is 0 Å². The van der Waals surface area contributed by atoms with E-state index >= 15 is 0 Å². The van der Waals surface area contributed by atoms with E-state index in [-0.39, 0.29) is 11.4 Å². The van der Waals surface area contributed by atoms with E-state index in [4.69, 9.17) is 11.6 Å². The predicted octanol–water partition coefficient (Wildman–Crippen LogP) is 2.80. The lowest BCUT2D eigenvalue weighted by Crippen LogP contribution is -2.43. The molecule has 0 fully saturated rings. The molecular weight excluding hydrogens is 359 g/mol.